The van der Waals surface area contributed by atoms with Crippen molar-refractivity contribution in [2.75, 3.05) is 27.2 Å². The lowest BCUT2D eigenvalue weighted by Crippen LogP contribution is -2.41. The Hall–Kier alpha value is -0.730. The van der Waals surface area contributed by atoms with E-state index in [1.807, 2.05) is 19.0 Å². The van der Waals surface area contributed by atoms with Gasteiger partial charge in [-0.3, -0.25) is 0 Å². The lowest BCUT2D eigenvalue weighted by molar-refractivity contribution is 0.188. The third kappa shape index (κ3) is 3.54. The minimum Gasteiger partial charge on any atom is -0.392 e. The lowest BCUT2D eigenvalue weighted by atomic mass is 10.2. The van der Waals surface area contributed by atoms with Gasteiger partial charge >= 0.3 is 0 Å². The first-order valence-corrected chi connectivity index (χ1v) is 8.33. The third-order valence-corrected chi connectivity index (χ3v) is 5.62. The maximum atomic E-state index is 13.2. The molecule has 2 atom stereocenters. The molecule has 2 rings (SSSR count). The molecule has 1 aliphatic rings. The quantitative estimate of drug-likeness (QED) is 0.896. The van der Waals surface area contributed by atoms with Crippen LogP contribution in [0.2, 0.25) is 5.02 Å². The maximum Gasteiger partial charge on any atom is 0.243 e. The van der Waals surface area contributed by atoms with Crippen LogP contribution in [0.25, 0.3) is 0 Å². The van der Waals surface area contributed by atoms with E-state index in [1.165, 1.54) is 10.4 Å². The molecule has 0 radical (unpaired) electrons. The molecule has 0 amide bonds. The van der Waals surface area contributed by atoms with E-state index in [1.54, 1.807) is 0 Å². The summed E-state index contributed by atoms with van der Waals surface area (Å²) in [5, 5.41) is 9.55. The number of nitrogens with zero attached hydrogens (tertiary/aromatic N) is 2. The molecule has 5 nitrogen and oxygen atoms in total. The number of β-amino-alcohol motifs (C(OH)–C–C–N with tert-alkyl or cyclic N) is 1. The Kier molecular flexibility index (Phi) is 4.89. The second-order valence-corrected chi connectivity index (χ2v) is 7.75. The predicted molar refractivity (Wildman–Crippen MR) is 78.3 cm³/mol. The van der Waals surface area contributed by atoms with Crippen LogP contribution in [0.15, 0.2) is 23.1 Å². The van der Waals surface area contributed by atoms with Crippen LogP contribution in [0.4, 0.5) is 4.39 Å². The number of halogens is 2. The topological polar surface area (TPSA) is 60.9 Å². The van der Waals surface area contributed by atoms with E-state index in [0.29, 0.717) is 13.0 Å². The van der Waals surface area contributed by atoms with Gasteiger partial charge in [-0.25, -0.2) is 12.8 Å². The number of rotatable bonds is 4. The number of aliphatic hydroxyl groups excluding tert-OH is 1. The van der Waals surface area contributed by atoms with E-state index in [9.17, 15) is 17.9 Å². The summed E-state index contributed by atoms with van der Waals surface area (Å²) in [4.78, 5) is 1.80. The highest BCUT2D eigenvalue weighted by Gasteiger charge is 2.39. The Labute approximate surface area is 129 Å². The number of aliphatic hydroxyl groups is 1. The van der Waals surface area contributed by atoms with Crippen molar-refractivity contribution in [1.82, 2.24) is 9.21 Å². The number of sulfonamides is 1. The Bertz CT molecular complexity index is 624. The van der Waals surface area contributed by atoms with Crippen molar-refractivity contribution in [3.8, 4) is 0 Å². The van der Waals surface area contributed by atoms with E-state index in [-0.39, 0.29) is 22.5 Å². The highest BCUT2D eigenvalue weighted by atomic mass is 35.5. The standard InChI is InChI=1S/C13H18ClFN2O3S/c1-16(2)7-9-5-10(18)8-17(9)21(19,20)11-3-4-13(15)12(14)6-11/h3-4,6,9-10,18H,5,7-8H2,1-2H3. The molecule has 118 valence electrons. The SMILES string of the molecule is CN(C)CC1CC(O)CN1S(=O)(=O)c1ccc(F)c(Cl)c1. The summed E-state index contributed by atoms with van der Waals surface area (Å²) in [7, 11) is -0.135. The number of benzene rings is 1. The molecule has 0 spiro atoms. The first-order valence-electron chi connectivity index (χ1n) is 6.51. The zero-order valence-corrected chi connectivity index (χ0v) is 13.4. The number of hydrogen-bond acceptors (Lipinski definition) is 4. The highest BCUT2D eigenvalue weighted by molar-refractivity contribution is 7.89. The van der Waals surface area contributed by atoms with E-state index >= 15 is 0 Å². The second kappa shape index (κ2) is 6.18. The predicted octanol–water partition coefficient (Wildman–Crippen LogP) is 1.16. The Morgan fingerprint density at radius 1 is 1.48 bits per heavy atom. The average molecular weight is 337 g/mol. The van der Waals surface area contributed by atoms with Crippen LogP contribution < -0.4 is 0 Å². The third-order valence-electron chi connectivity index (χ3n) is 3.42. The molecule has 21 heavy (non-hydrogen) atoms. The van der Waals surface area contributed by atoms with Gasteiger partial charge in [0.2, 0.25) is 10.0 Å². The fourth-order valence-corrected chi connectivity index (χ4v) is 4.45. The highest BCUT2D eigenvalue weighted by Crippen LogP contribution is 2.28. The normalized spacial score (nSPS) is 23.9. The molecule has 0 aliphatic carbocycles. The van der Waals surface area contributed by atoms with Gasteiger partial charge in [0.15, 0.2) is 0 Å². The summed E-state index contributed by atoms with van der Waals surface area (Å²) in [6.07, 6.45) is -0.313. The maximum absolute atomic E-state index is 13.2. The van der Waals surface area contributed by atoms with Crippen LogP contribution in [0.1, 0.15) is 6.42 Å². The van der Waals surface area contributed by atoms with Crippen molar-refractivity contribution < 1.29 is 17.9 Å². The Morgan fingerprint density at radius 2 is 2.14 bits per heavy atom. The van der Waals surface area contributed by atoms with Gasteiger partial charge in [0.1, 0.15) is 5.82 Å². The first kappa shape index (κ1) is 16.6. The summed E-state index contributed by atoms with van der Waals surface area (Å²) < 4.78 is 39.8. The molecule has 0 bridgehead atoms. The fraction of sp³-hybridized carbons (Fsp3) is 0.538. The second-order valence-electron chi connectivity index (χ2n) is 5.46. The van der Waals surface area contributed by atoms with Crippen molar-refractivity contribution >= 4 is 21.6 Å². The minimum atomic E-state index is -3.81. The fourth-order valence-electron chi connectivity index (χ4n) is 2.52. The molecule has 1 heterocycles. The molecular weight excluding hydrogens is 319 g/mol. The van der Waals surface area contributed by atoms with Crippen molar-refractivity contribution in [3.05, 3.63) is 29.0 Å². The molecule has 1 N–H and O–H groups in total. The molecule has 0 saturated carbocycles. The average Bonchev–Trinajstić information content (AvgIpc) is 2.73. The number of hydrogen-bond donors (Lipinski definition) is 1. The number of likely N-dealkylation sites (N-methyl/N-ethyl adjacent to an activating group) is 1. The van der Waals surface area contributed by atoms with Gasteiger partial charge in [-0.15, -0.1) is 0 Å². The van der Waals surface area contributed by atoms with Crippen LogP contribution in [0, 0.1) is 5.82 Å². The lowest BCUT2D eigenvalue weighted by Gasteiger charge is -2.26. The van der Waals surface area contributed by atoms with Crippen molar-refractivity contribution in [1.29, 1.82) is 0 Å². The summed E-state index contributed by atoms with van der Waals surface area (Å²) in [6.45, 7) is 0.543. The molecule has 0 aromatic heterocycles. The van der Waals surface area contributed by atoms with E-state index < -0.39 is 21.9 Å². The summed E-state index contributed by atoms with van der Waals surface area (Å²) in [5.74, 6) is -0.665. The largest absolute Gasteiger partial charge is 0.392 e. The molecule has 2 unspecified atom stereocenters. The van der Waals surface area contributed by atoms with Gasteiger partial charge in [-0.2, -0.15) is 4.31 Å². The van der Waals surface area contributed by atoms with Gasteiger partial charge in [-0.1, -0.05) is 11.6 Å². The van der Waals surface area contributed by atoms with Crippen molar-refractivity contribution in [2.45, 2.75) is 23.5 Å². The van der Waals surface area contributed by atoms with E-state index in [4.69, 9.17) is 11.6 Å². The summed E-state index contributed by atoms with van der Waals surface area (Å²) in [6, 6.07) is 3.00. The van der Waals surface area contributed by atoms with Crippen molar-refractivity contribution in [3.63, 3.8) is 0 Å². The monoisotopic (exact) mass is 336 g/mol. The summed E-state index contributed by atoms with van der Waals surface area (Å²) >= 11 is 5.66. The molecule has 1 fully saturated rings. The zero-order chi connectivity index (χ0) is 15.8. The molecule has 1 saturated heterocycles. The molecule has 1 aliphatic heterocycles. The molecule has 1 aromatic carbocycles. The van der Waals surface area contributed by atoms with E-state index in [0.717, 1.165) is 12.1 Å². The van der Waals surface area contributed by atoms with Crippen LogP contribution in [0.3, 0.4) is 0 Å². The Morgan fingerprint density at radius 3 is 2.71 bits per heavy atom. The van der Waals surface area contributed by atoms with Gasteiger partial charge in [-0.05, 0) is 38.7 Å². The van der Waals surface area contributed by atoms with Gasteiger partial charge < -0.3 is 10.0 Å². The van der Waals surface area contributed by atoms with Gasteiger partial charge in [0, 0.05) is 19.1 Å². The van der Waals surface area contributed by atoms with Crippen LogP contribution in [0.5, 0.6) is 0 Å². The smallest absolute Gasteiger partial charge is 0.243 e. The molecule has 1 aromatic rings. The Balaban J connectivity index is 2.34. The zero-order valence-electron chi connectivity index (χ0n) is 11.8. The molecule has 8 heteroatoms. The van der Waals surface area contributed by atoms with Crippen LogP contribution in [-0.2, 0) is 10.0 Å². The first-order chi connectivity index (χ1) is 9.71. The van der Waals surface area contributed by atoms with Crippen LogP contribution in [-0.4, -0.2) is 62.1 Å². The molecular formula is C13H18ClFN2O3S. The van der Waals surface area contributed by atoms with Gasteiger partial charge in [0.05, 0.1) is 16.0 Å². The van der Waals surface area contributed by atoms with E-state index in [2.05, 4.69) is 0 Å². The minimum absolute atomic E-state index is 0.0375. The summed E-state index contributed by atoms with van der Waals surface area (Å²) in [5.41, 5.74) is 0. The van der Waals surface area contributed by atoms with Crippen LogP contribution >= 0.6 is 11.6 Å². The van der Waals surface area contributed by atoms with Crippen molar-refractivity contribution in [2.24, 2.45) is 0 Å². The van der Waals surface area contributed by atoms with Gasteiger partial charge in [0.25, 0.3) is 0 Å².